The molecule has 0 spiro atoms. The van der Waals surface area contributed by atoms with Gasteiger partial charge in [-0.3, -0.25) is 0 Å². The highest BCUT2D eigenvalue weighted by Gasteiger charge is 2.13. The van der Waals surface area contributed by atoms with E-state index in [1.165, 1.54) is 11.1 Å². The van der Waals surface area contributed by atoms with Crippen molar-refractivity contribution in [3.8, 4) is 11.5 Å². The maximum absolute atomic E-state index is 5.39. The van der Waals surface area contributed by atoms with E-state index in [1.54, 1.807) is 0 Å². The molecule has 0 saturated heterocycles. The number of hydrogen-bond acceptors (Lipinski definition) is 2. The Labute approximate surface area is 127 Å². The van der Waals surface area contributed by atoms with Crippen molar-refractivity contribution in [2.75, 3.05) is 13.3 Å². The molecule has 1 aliphatic rings. The van der Waals surface area contributed by atoms with Gasteiger partial charge in [0.1, 0.15) is 6.54 Å². The molecule has 3 nitrogen and oxygen atoms in total. The van der Waals surface area contributed by atoms with Crippen LogP contribution < -0.4 is 14.8 Å². The molecule has 2 N–H and O–H groups in total. The predicted molar refractivity (Wildman–Crippen MR) is 80.9 cm³/mol. The van der Waals surface area contributed by atoms with Gasteiger partial charge in [-0.15, -0.1) is 0 Å². The van der Waals surface area contributed by atoms with Crippen LogP contribution in [-0.2, 0) is 13.0 Å². The zero-order valence-electron chi connectivity index (χ0n) is 11.1. The Morgan fingerprint density at radius 1 is 1.00 bits per heavy atom. The van der Waals surface area contributed by atoms with Gasteiger partial charge >= 0.3 is 0 Å². The monoisotopic (exact) mass is 334 g/mol. The maximum atomic E-state index is 5.39. The van der Waals surface area contributed by atoms with Crippen LogP contribution in [0.5, 0.6) is 11.5 Å². The van der Waals surface area contributed by atoms with E-state index in [0.29, 0.717) is 6.79 Å². The average Bonchev–Trinajstić information content (AvgIpc) is 2.91. The molecule has 104 valence electrons. The molecule has 0 atom stereocenters. The average molecular weight is 335 g/mol. The molecule has 1 aliphatic heterocycles. The zero-order valence-corrected chi connectivity index (χ0v) is 12.7. The zero-order chi connectivity index (χ0) is 13.8. The van der Waals surface area contributed by atoms with Gasteiger partial charge < -0.3 is 14.8 Å². The first-order valence-corrected chi connectivity index (χ1v) is 7.55. The van der Waals surface area contributed by atoms with E-state index in [-0.39, 0.29) is 0 Å². The highest BCUT2D eigenvalue weighted by atomic mass is 79.9. The summed E-state index contributed by atoms with van der Waals surface area (Å²) in [7, 11) is 0. The van der Waals surface area contributed by atoms with Crippen LogP contribution in [-0.4, -0.2) is 13.3 Å². The lowest BCUT2D eigenvalue weighted by Gasteiger charge is -2.04. The summed E-state index contributed by atoms with van der Waals surface area (Å²) in [6, 6.07) is 14.6. The molecule has 0 fully saturated rings. The molecule has 0 unspecified atom stereocenters. The molecule has 2 aromatic rings. The molecule has 4 heteroatoms. The van der Waals surface area contributed by atoms with E-state index in [9.17, 15) is 0 Å². The van der Waals surface area contributed by atoms with E-state index in [4.69, 9.17) is 9.47 Å². The largest absolute Gasteiger partial charge is 0.454 e. The second kappa shape index (κ2) is 6.29. The summed E-state index contributed by atoms with van der Waals surface area (Å²) in [5.41, 5.74) is 2.63. The Morgan fingerprint density at radius 3 is 2.80 bits per heavy atom. The fourth-order valence-electron chi connectivity index (χ4n) is 2.30. The Hall–Kier alpha value is -1.52. The van der Waals surface area contributed by atoms with Crippen LogP contribution in [0.25, 0.3) is 0 Å². The second-order valence-electron chi connectivity index (χ2n) is 4.85. The standard InChI is InChI=1S/C16H16BrNO2/c17-14-3-1-2-13(8-14)10-18-7-6-12-4-5-15-16(9-12)20-11-19-15/h1-5,8-9,18H,6-7,10-11H2/p+1. The minimum atomic E-state index is 0.341. The van der Waals surface area contributed by atoms with Crippen LogP contribution in [0.1, 0.15) is 11.1 Å². The smallest absolute Gasteiger partial charge is 0.231 e. The fraction of sp³-hybridized carbons (Fsp3) is 0.250. The second-order valence-corrected chi connectivity index (χ2v) is 5.76. The number of halogens is 1. The number of benzene rings is 2. The molecule has 3 rings (SSSR count). The van der Waals surface area contributed by atoms with Gasteiger partial charge in [0.2, 0.25) is 6.79 Å². The number of fused-ring (bicyclic) bond motifs is 1. The summed E-state index contributed by atoms with van der Waals surface area (Å²) in [4.78, 5) is 0. The van der Waals surface area contributed by atoms with E-state index < -0.39 is 0 Å². The van der Waals surface area contributed by atoms with E-state index in [2.05, 4.69) is 57.6 Å². The molecular formula is C16H17BrNO2+. The molecule has 0 saturated carbocycles. The molecule has 0 aliphatic carbocycles. The molecule has 0 radical (unpaired) electrons. The Bertz CT molecular complexity index is 601. The van der Waals surface area contributed by atoms with E-state index >= 15 is 0 Å². The summed E-state index contributed by atoms with van der Waals surface area (Å²) < 4.78 is 11.8. The molecular weight excluding hydrogens is 318 g/mol. The van der Waals surface area contributed by atoms with Crippen LogP contribution in [0, 0.1) is 0 Å². The van der Waals surface area contributed by atoms with Gasteiger partial charge in [-0.1, -0.05) is 34.1 Å². The Kier molecular flexibility index (Phi) is 4.23. The number of quaternary nitrogens is 1. The number of rotatable bonds is 5. The van der Waals surface area contributed by atoms with Gasteiger partial charge in [0.05, 0.1) is 6.54 Å². The van der Waals surface area contributed by atoms with Crippen LogP contribution in [0.15, 0.2) is 46.9 Å². The summed E-state index contributed by atoms with van der Waals surface area (Å²) in [6.45, 7) is 2.41. The van der Waals surface area contributed by atoms with Crippen molar-refractivity contribution in [3.63, 3.8) is 0 Å². The van der Waals surface area contributed by atoms with Gasteiger partial charge in [0, 0.05) is 16.5 Å². The normalized spacial score (nSPS) is 12.7. The molecule has 0 bridgehead atoms. The summed E-state index contributed by atoms with van der Waals surface area (Å²) in [5, 5.41) is 2.33. The topological polar surface area (TPSA) is 35.1 Å². The third-order valence-electron chi connectivity index (χ3n) is 3.34. The summed E-state index contributed by atoms with van der Waals surface area (Å²) in [6.07, 6.45) is 1.03. The third-order valence-corrected chi connectivity index (χ3v) is 3.84. The van der Waals surface area contributed by atoms with Gasteiger partial charge in [-0.25, -0.2) is 0 Å². The van der Waals surface area contributed by atoms with Gasteiger partial charge in [0.15, 0.2) is 11.5 Å². The van der Waals surface area contributed by atoms with Crippen molar-refractivity contribution in [2.24, 2.45) is 0 Å². The number of ether oxygens (including phenoxy) is 2. The van der Waals surface area contributed by atoms with Crippen molar-refractivity contribution in [2.45, 2.75) is 13.0 Å². The molecule has 0 aromatic heterocycles. The van der Waals surface area contributed by atoms with Crippen molar-refractivity contribution >= 4 is 15.9 Å². The minimum Gasteiger partial charge on any atom is -0.454 e. The van der Waals surface area contributed by atoms with Gasteiger partial charge in [0.25, 0.3) is 0 Å². The quantitative estimate of drug-likeness (QED) is 0.852. The van der Waals surface area contributed by atoms with Gasteiger partial charge in [-0.05, 0) is 29.8 Å². The highest BCUT2D eigenvalue weighted by Crippen LogP contribution is 2.32. The summed E-state index contributed by atoms with van der Waals surface area (Å²) in [5.74, 6) is 1.72. The number of nitrogens with two attached hydrogens (primary N) is 1. The van der Waals surface area contributed by atoms with Crippen LogP contribution in [0.4, 0.5) is 0 Å². The molecule has 2 aromatic carbocycles. The lowest BCUT2D eigenvalue weighted by Crippen LogP contribution is -2.83. The number of hydrogen-bond donors (Lipinski definition) is 1. The van der Waals surface area contributed by atoms with Gasteiger partial charge in [-0.2, -0.15) is 0 Å². The third kappa shape index (κ3) is 3.32. The van der Waals surface area contributed by atoms with Crippen molar-refractivity contribution in [1.82, 2.24) is 0 Å². The van der Waals surface area contributed by atoms with E-state index in [0.717, 1.165) is 35.5 Å². The van der Waals surface area contributed by atoms with Crippen molar-refractivity contribution in [3.05, 3.63) is 58.1 Å². The van der Waals surface area contributed by atoms with Crippen LogP contribution >= 0.6 is 15.9 Å². The predicted octanol–water partition coefficient (Wildman–Crippen LogP) is 2.48. The van der Waals surface area contributed by atoms with E-state index in [1.807, 2.05) is 6.07 Å². The van der Waals surface area contributed by atoms with Crippen LogP contribution in [0.2, 0.25) is 0 Å². The Morgan fingerprint density at radius 2 is 1.90 bits per heavy atom. The lowest BCUT2D eigenvalue weighted by molar-refractivity contribution is -0.670. The first kappa shape index (κ1) is 13.5. The minimum absolute atomic E-state index is 0.341. The molecule has 20 heavy (non-hydrogen) atoms. The fourth-order valence-corrected chi connectivity index (χ4v) is 2.74. The first-order valence-electron chi connectivity index (χ1n) is 6.76. The molecule has 0 amide bonds. The SMILES string of the molecule is Brc1cccc(C[NH2+]CCc2ccc3c(c2)OCO3)c1. The summed E-state index contributed by atoms with van der Waals surface area (Å²) >= 11 is 3.50. The first-order chi connectivity index (χ1) is 9.81. The molecule has 1 heterocycles. The van der Waals surface area contributed by atoms with Crippen molar-refractivity contribution < 1.29 is 14.8 Å². The van der Waals surface area contributed by atoms with Crippen LogP contribution in [0.3, 0.4) is 0 Å². The lowest BCUT2D eigenvalue weighted by atomic mass is 10.1. The maximum Gasteiger partial charge on any atom is 0.231 e. The Balaban J connectivity index is 1.48. The highest BCUT2D eigenvalue weighted by molar-refractivity contribution is 9.10. The van der Waals surface area contributed by atoms with Crippen molar-refractivity contribution in [1.29, 1.82) is 0 Å².